The third kappa shape index (κ3) is 2.43. The van der Waals surface area contributed by atoms with Crippen LogP contribution < -0.4 is 0 Å². The predicted molar refractivity (Wildman–Crippen MR) is 85.6 cm³/mol. The zero-order valence-corrected chi connectivity index (χ0v) is 13.6. The van der Waals surface area contributed by atoms with Crippen molar-refractivity contribution in [3.63, 3.8) is 0 Å². The minimum atomic E-state index is -0.137. The minimum absolute atomic E-state index is 0.137. The molecule has 1 amide bonds. The van der Waals surface area contributed by atoms with Gasteiger partial charge in [0.05, 0.1) is 13.1 Å². The number of benzene rings is 1. The van der Waals surface area contributed by atoms with Crippen molar-refractivity contribution in [1.82, 2.24) is 24.6 Å². The minimum Gasteiger partial charge on any atom is -0.337 e. The Morgan fingerprint density at radius 1 is 1.17 bits per heavy atom. The highest BCUT2D eigenvalue weighted by atomic mass is 16.2. The Morgan fingerprint density at radius 2 is 1.96 bits per heavy atom. The lowest BCUT2D eigenvalue weighted by atomic mass is 9.99. The molecule has 1 aromatic heterocycles. The highest BCUT2D eigenvalue weighted by Gasteiger charge is 2.34. The monoisotopic (exact) mass is 311 g/mol. The summed E-state index contributed by atoms with van der Waals surface area (Å²) in [5, 5.41) is 8.32. The molecule has 2 aromatic rings. The normalized spacial score (nSPS) is 21.0. The predicted octanol–water partition coefficient (Wildman–Crippen LogP) is 0.985. The van der Waals surface area contributed by atoms with Crippen LogP contribution in [0.25, 0.3) is 0 Å². The number of aromatic nitrogens is 3. The van der Waals surface area contributed by atoms with Gasteiger partial charge in [0.15, 0.2) is 0 Å². The van der Waals surface area contributed by atoms with Crippen LogP contribution in [0.15, 0.2) is 24.3 Å². The zero-order valence-electron chi connectivity index (χ0n) is 13.6. The Balaban J connectivity index is 1.55. The molecule has 1 unspecified atom stereocenters. The number of hydrogen-bond acceptors (Lipinski definition) is 4. The lowest BCUT2D eigenvalue weighted by molar-refractivity contribution is -0.139. The van der Waals surface area contributed by atoms with Gasteiger partial charge in [-0.1, -0.05) is 24.3 Å². The molecule has 0 bridgehead atoms. The van der Waals surface area contributed by atoms with Gasteiger partial charge in [-0.3, -0.25) is 9.69 Å². The van der Waals surface area contributed by atoms with E-state index in [0.717, 1.165) is 24.6 Å². The fraction of sp³-hybridized carbons (Fsp3) is 0.471. The van der Waals surface area contributed by atoms with Gasteiger partial charge in [0, 0.05) is 13.1 Å². The zero-order chi connectivity index (χ0) is 16.0. The number of aryl methyl sites for hydroxylation is 1. The number of amides is 1. The molecule has 2 aliphatic heterocycles. The van der Waals surface area contributed by atoms with E-state index < -0.39 is 0 Å². The van der Waals surface area contributed by atoms with E-state index in [-0.39, 0.29) is 11.9 Å². The van der Waals surface area contributed by atoms with Crippen molar-refractivity contribution in [3.05, 3.63) is 47.0 Å². The van der Waals surface area contributed by atoms with Crippen molar-refractivity contribution in [1.29, 1.82) is 0 Å². The maximum Gasteiger partial charge on any atom is 0.242 e. The number of hydrogen-bond donors (Lipinski definition) is 0. The molecule has 0 spiro atoms. The highest BCUT2D eigenvalue weighted by Crippen LogP contribution is 2.22. The third-order valence-electron chi connectivity index (χ3n) is 5.02. The van der Waals surface area contributed by atoms with Gasteiger partial charge in [0.1, 0.15) is 17.7 Å². The van der Waals surface area contributed by atoms with Crippen LogP contribution in [-0.4, -0.2) is 50.1 Å². The first-order valence-electron chi connectivity index (χ1n) is 8.08. The Bertz CT molecular complexity index is 753. The quantitative estimate of drug-likeness (QED) is 0.788. The average Bonchev–Trinajstić information content (AvgIpc) is 2.93. The second-order valence-electron chi connectivity index (χ2n) is 6.48. The molecule has 6 nitrogen and oxygen atoms in total. The molecule has 0 saturated carbocycles. The van der Waals surface area contributed by atoms with Crippen LogP contribution in [0.3, 0.4) is 0 Å². The fourth-order valence-electron chi connectivity index (χ4n) is 3.59. The van der Waals surface area contributed by atoms with E-state index >= 15 is 0 Å². The molecule has 0 fully saturated rings. The first-order valence-corrected chi connectivity index (χ1v) is 8.08. The van der Waals surface area contributed by atoms with E-state index in [9.17, 15) is 4.79 Å². The molecule has 0 radical (unpaired) electrons. The molecule has 23 heavy (non-hydrogen) atoms. The van der Waals surface area contributed by atoms with Crippen molar-refractivity contribution in [2.45, 2.75) is 39.0 Å². The van der Waals surface area contributed by atoms with Gasteiger partial charge in [-0.2, -0.15) is 0 Å². The summed E-state index contributed by atoms with van der Waals surface area (Å²) in [6.45, 7) is 4.77. The van der Waals surface area contributed by atoms with Crippen LogP contribution in [0.2, 0.25) is 0 Å². The lowest BCUT2D eigenvalue weighted by Gasteiger charge is -2.37. The number of rotatable bonds is 1. The molecule has 1 atom stereocenters. The molecule has 2 aliphatic rings. The first kappa shape index (κ1) is 14.4. The van der Waals surface area contributed by atoms with Crippen molar-refractivity contribution in [2.24, 2.45) is 0 Å². The Kier molecular flexibility index (Phi) is 3.41. The van der Waals surface area contributed by atoms with Gasteiger partial charge in [0.25, 0.3) is 0 Å². The first-order chi connectivity index (χ1) is 11.1. The average molecular weight is 311 g/mol. The van der Waals surface area contributed by atoms with Crippen LogP contribution in [0.5, 0.6) is 0 Å². The summed E-state index contributed by atoms with van der Waals surface area (Å²) in [5.41, 5.74) is 2.64. The number of carbonyl (C=O) groups is 1. The smallest absolute Gasteiger partial charge is 0.242 e. The molecule has 4 rings (SSSR count). The van der Waals surface area contributed by atoms with Crippen LogP contribution in [0.4, 0.5) is 0 Å². The second kappa shape index (κ2) is 5.45. The maximum atomic E-state index is 13.0. The molecule has 0 aliphatic carbocycles. The maximum absolute atomic E-state index is 13.0. The Labute approximate surface area is 135 Å². The van der Waals surface area contributed by atoms with E-state index in [0.29, 0.717) is 19.6 Å². The van der Waals surface area contributed by atoms with Gasteiger partial charge >= 0.3 is 0 Å². The van der Waals surface area contributed by atoms with Crippen LogP contribution >= 0.6 is 0 Å². The number of carbonyl (C=O) groups excluding carboxylic acids is 1. The van der Waals surface area contributed by atoms with Gasteiger partial charge in [0.2, 0.25) is 5.91 Å². The SMILES string of the molecule is Cc1nnc2n1CC(C(=O)N1CCc3ccccc3C1)N(C)C2. The van der Waals surface area contributed by atoms with Crippen molar-refractivity contribution in [2.75, 3.05) is 13.6 Å². The highest BCUT2D eigenvalue weighted by molar-refractivity contribution is 5.82. The number of fused-ring (bicyclic) bond motifs is 2. The van der Waals surface area contributed by atoms with Crippen LogP contribution in [-0.2, 0) is 30.8 Å². The summed E-state index contributed by atoms with van der Waals surface area (Å²) >= 11 is 0. The topological polar surface area (TPSA) is 54.3 Å². The second-order valence-corrected chi connectivity index (χ2v) is 6.48. The van der Waals surface area contributed by atoms with E-state index in [1.807, 2.05) is 24.9 Å². The van der Waals surface area contributed by atoms with Crippen molar-refractivity contribution < 1.29 is 4.79 Å². The fourth-order valence-corrected chi connectivity index (χ4v) is 3.59. The van der Waals surface area contributed by atoms with Gasteiger partial charge in [-0.25, -0.2) is 0 Å². The van der Waals surface area contributed by atoms with Gasteiger partial charge < -0.3 is 9.47 Å². The third-order valence-corrected chi connectivity index (χ3v) is 5.02. The van der Waals surface area contributed by atoms with Gasteiger partial charge in [-0.05, 0) is 31.5 Å². The van der Waals surface area contributed by atoms with E-state index in [1.54, 1.807) is 0 Å². The molecule has 6 heteroatoms. The summed E-state index contributed by atoms with van der Waals surface area (Å²) in [5.74, 6) is 2.04. The van der Waals surface area contributed by atoms with Crippen LogP contribution in [0.1, 0.15) is 22.8 Å². The summed E-state index contributed by atoms with van der Waals surface area (Å²) < 4.78 is 2.07. The molecule has 0 N–H and O–H groups in total. The lowest BCUT2D eigenvalue weighted by Crippen LogP contribution is -2.52. The molecule has 3 heterocycles. The van der Waals surface area contributed by atoms with Gasteiger partial charge in [-0.15, -0.1) is 10.2 Å². The van der Waals surface area contributed by atoms with E-state index in [4.69, 9.17) is 0 Å². The van der Waals surface area contributed by atoms with Crippen LogP contribution in [0, 0.1) is 6.92 Å². The molecular formula is C17H21N5O. The summed E-state index contributed by atoms with van der Waals surface area (Å²) in [6.07, 6.45) is 0.940. The summed E-state index contributed by atoms with van der Waals surface area (Å²) in [4.78, 5) is 17.1. The molecular weight excluding hydrogens is 290 g/mol. The van der Waals surface area contributed by atoms with E-state index in [2.05, 4.69) is 37.9 Å². The standard InChI is InChI=1S/C17H21N5O/c1-12-18-19-16-11-20(2)15(10-22(12)16)17(23)21-8-7-13-5-3-4-6-14(13)9-21/h3-6,15H,7-11H2,1-2H3. The largest absolute Gasteiger partial charge is 0.337 e. The van der Waals surface area contributed by atoms with Crippen molar-refractivity contribution in [3.8, 4) is 0 Å². The molecule has 0 saturated heterocycles. The Hall–Kier alpha value is -2.21. The molecule has 120 valence electrons. The number of nitrogens with zero attached hydrogens (tertiary/aromatic N) is 5. The summed E-state index contributed by atoms with van der Waals surface area (Å²) in [7, 11) is 1.99. The van der Waals surface area contributed by atoms with Crippen molar-refractivity contribution >= 4 is 5.91 Å². The van der Waals surface area contributed by atoms with E-state index in [1.165, 1.54) is 11.1 Å². The number of likely N-dealkylation sites (N-methyl/N-ethyl adjacent to an activating group) is 1. The molecule has 1 aromatic carbocycles. The Morgan fingerprint density at radius 3 is 2.78 bits per heavy atom. The summed E-state index contributed by atoms with van der Waals surface area (Å²) in [6, 6.07) is 8.27.